The fourth-order valence-corrected chi connectivity index (χ4v) is 3.00. The van der Waals surface area contributed by atoms with Crippen LogP contribution >= 0.6 is 0 Å². The quantitative estimate of drug-likeness (QED) is 0.924. The molecular formula is C15H19F2NO2. The minimum atomic E-state index is -0.442. The molecule has 3 nitrogen and oxygen atoms in total. The number of rotatable bonds is 3. The Labute approximate surface area is 117 Å². The summed E-state index contributed by atoms with van der Waals surface area (Å²) in [5, 5.41) is 3.31. The van der Waals surface area contributed by atoms with Crippen molar-refractivity contribution in [2.24, 2.45) is 0 Å². The molecule has 1 atom stereocenters. The van der Waals surface area contributed by atoms with Crippen molar-refractivity contribution >= 4 is 0 Å². The topological polar surface area (TPSA) is 30.5 Å². The average Bonchev–Trinajstić information content (AvgIpc) is 2.84. The molecule has 2 aliphatic heterocycles. The Bertz CT molecular complexity index is 475. The predicted molar refractivity (Wildman–Crippen MR) is 70.3 cm³/mol. The fourth-order valence-electron chi connectivity index (χ4n) is 3.00. The predicted octanol–water partition coefficient (Wildman–Crippen LogP) is 2.39. The van der Waals surface area contributed by atoms with E-state index in [0.29, 0.717) is 6.61 Å². The van der Waals surface area contributed by atoms with Gasteiger partial charge in [-0.3, -0.25) is 0 Å². The normalized spacial score (nSPS) is 25.2. The molecule has 0 aromatic heterocycles. The van der Waals surface area contributed by atoms with E-state index in [1.807, 2.05) is 0 Å². The molecule has 3 rings (SSSR count). The standard InChI is InChI=1S/C15H19F2NO2/c16-12-1-2-14(17)11(7-12)9-19-13-8-15(20-10-13)3-5-18-6-4-15/h1-2,7,13,18H,3-6,8-10H2. The maximum Gasteiger partial charge on any atom is 0.128 e. The van der Waals surface area contributed by atoms with Crippen molar-refractivity contribution in [3.05, 3.63) is 35.4 Å². The molecule has 0 aliphatic carbocycles. The highest BCUT2D eigenvalue weighted by Crippen LogP contribution is 2.35. The van der Waals surface area contributed by atoms with Crippen molar-refractivity contribution in [2.45, 2.75) is 37.6 Å². The monoisotopic (exact) mass is 283 g/mol. The number of halogens is 2. The lowest BCUT2D eigenvalue weighted by molar-refractivity contribution is -0.0241. The van der Waals surface area contributed by atoms with E-state index < -0.39 is 11.6 Å². The summed E-state index contributed by atoms with van der Waals surface area (Å²) in [6.45, 7) is 2.55. The Morgan fingerprint density at radius 3 is 2.90 bits per heavy atom. The molecule has 0 saturated carbocycles. The second-order valence-electron chi connectivity index (χ2n) is 5.62. The minimum absolute atomic E-state index is 0.0317. The van der Waals surface area contributed by atoms with E-state index in [1.165, 1.54) is 6.07 Å². The van der Waals surface area contributed by atoms with Crippen molar-refractivity contribution < 1.29 is 18.3 Å². The lowest BCUT2D eigenvalue weighted by Crippen LogP contribution is -2.41. The van der Waals surface area contributed by atoms with Crippen LogP contribution in [0.15, 0.2) is 18.2 Å². The van der Waals surface area contributed by atoms with Gasteiger partial charge in [-0.15, -0.1) is 0 Å². The summed E-state index contributed by atoms with van der Waals surface area (Å²) >= 11 is 0. The second-order valence-corrected chi connectivity index (χ2v) is 5.62. The van der Waals surface area contributed by atoms with Crippen LogP contribution in [0.1, 0.15) is 24.8 Å². The Kier molecular flexibility index (Phi) is 4.01. The van der Waals surface area contributed by atoms with Gasteiger partial charge in [-0.1, -0.05) is 0 Å². The van der Waals surface area contributed by atoms with E-state index in [2.05, 4.69) is 5.32 Å². The van der Waals surface area contributed by atoms with Crippen molar-refractivity contribution in [1.82, 2.24) is 5.32 Å². The number of hydrogen-bond donors (Lipinski definition) is 1. The lowest BCUT2D eigenvalue weighted by Gasteiger charge is -2.32. The second kappa shape index (κ2) is 5.76. The number of nitrogens with one attached hydrogen (secondary N) is 1. The van der Waals surface area contributed by atoms with E-state index in [9.17, 15) is 8.78 Å². The first-order chi connectivity index (χ1) is 9.67. The van der Waals surface area contributed by atoms with Crippen LogP contribution in [0.4, 0.5) is 8.78 Å². The molecule has 1 unspecified atom stereocenters. The van der Waals surface area contributed by atoms with Gasteiger partial charge in [0.05, 0.1) is 24.9 Å². The molecule has 2 heterocycles. The molecule has 2 aliphatic rings. The molecule has 110 valence electrons. The van der Waals surface area contributed by atoms with Crippen LogP contribution < -0.4 is 5.32 Å². The van der Waals surface area contributed by atoms with Gasteiger partial charge in [-0.2, -0.15) is 0 Å². The van der Waals surface area contributed by atoms with Crippen molar-refractivity contribution in [3.63, 3.8) is 0 Å². The van der Waals surface area contributed by atoms with Crippen LogP contribution in [0.2, 0.25) is 0 Å². The smallest absolute Gasteiger partial charge is 0.128 e. The molecule has 2 fully saturated rings. The highest BCUT2D eigenvalue weighted by molar-refractivity contribution is 5.17. The van der Waals surface area contributed by atoms with Crippen LogP contribution in [0, 0.1) is 11.6 Å². The third-order valence-electron chi connectivity index (χ3n) is 4.17. The summed E-state index contributed by atoms with van der Waals surface area (Å²) in [5.41, 5.74) is 0.187. The minimum Gasteiger partial charge on any atom is -0.372 e. The molecule has 0 bridgehead atoms. The van der Waals surface area contributed by atoms with Crippen LogP contribution in [-0.2, 0) is 16.1 Å². The van der Waals surface area contributed by atoms with Crippen molar-refractivity contribution in [3.8, 4) is 0 Å². The molecular weight excluding hydrogens is 264 g/mol. The van der Waals surface area contributed by atoms with Crippen LogP contribution in [0.5, 0.6) is 0 Å². The molecule has 1 aromatic rings. The first-order valence-electron chi connectivity index (χ1n) is 7.07. The van der Waals surface area contributed by atoms with E-state index in [-0.39, 0.29) is 23.9 Å². The van der Waals surface area contributed by atoms with Gasteiger partial charge in [0.2, 0.25) is 0 Å². The summed E-state index contributed by atoms with van der Waals surface area (Å²) in [6, 6.07) is 3.43. The Morgan fingerprint density at radius 2 is 2.10 bits per heavy atom. The van der Waals surface area contributed by atoms with Crippen LogP contribution in [-0.4, -0.2) is 31.4 Å². The van der Waals surface area contributed by atoms with Gasteiger partial charge >= 0.3 is 0 Å². The van der Waals surface area contributed by atoms with Crippen LogP contribution in [0.25, 0.3) is 0 Å². The van der Waals surface area contributed by atoms with Gasteiger partial charge in [-0.25, -0.2) is 8.78 Å². The maximum absolute atomic E-state index is 13.5. The number of benzene rings is 1. The zero-order chi connectivity index (χ0) is 14.0. The molecule has 20 heavy (non-hydrogen) atoms. The Hall–Kier alpha value is -1.04. The van der Waals surface area contributed by atoms with Crippen molar-refractivity contribution in [1.29, 1.82) is 0 Å². The first kappa shape index (κ1) is 13.9. The van der Waals surface area contributed by atoms with Gasteiger partial charge in [0.25, 0.3) is 0 Å². The van der Waals surface area contributed by atoms with Gasteiger partial charge < -0.3 is 14.8 Å². The molecule has 1 spiro atoms. The van der Waals surface area contributed by atoms with E-state index in [0.717, 1.165) is 44.5 Å². The van der Waals surface area contributed by atoms with E-state index in [4.69, 9.17) is 9.47 Å². The SMILES string of the molecule is Fc1ccc(F)c(COC2COC3(CCNCC3)C2)c1. The summed E-state index contributed by atoms with van der Waals surface area (Å²) in [7, 11) is 0. The average molecular weight is 283 g/mol. The summed E-state index contributed by atoms with van der Waals surface area (Å²) in [5.74, 6) is -0.871. The van der Waals surface area contributed by atoms with Gasteiger partial charge in [0.15, 0.2) is 0 Å². The lowest BCUT2D eigenvalue weighted by atomic mass is 9.89. The molecule has 0 amide bonds. The van der Waals surface area contributed by atoms with E-state index >= 15 is 0 Å². The van der Waals surface area contributed by atoms with Gasteiger partial charge in [-0.05, 0) is 44.1 Å². The molecule has 0 radical (unpaired) electrons. The summed E-state index contributed by atoms with van der Waals surface area (Å²) < 4.78 is 38.2. The number of piperidine rings is 1. The fraction of sp³-hybridized carbons (Fsp3) is 0.600. The zero-order valence-electron chi connectivity index (χ0n) is 11.3. The van der Waals surface area contributed by atoms with E-state index in [1.54, 1.807) is 0 Å². The largest absolute Gasteiger partial charge is 0.372 e. The van der Waals surface area contributed by atoms with Gasteiger partial charge in [0, 0.05) is 12.0 Å². The first-order valence-corrected chi connectivity index (χ1v) is 7.07. The van der Waals surface area contributed by atoms with Crippen LogP contribution in [0.3, 0.4) is 0 Å². The third-order valence-corrected chi connectivity index (χ3v) is 4.17. The summed E-state index contributed by atoms with van der Waals surface area (Å²) in [4.78, 5) is 0. The third kappa shape index (κ3) is 3.00. The number of hydrogen-bond acceptors (Lipinski definition) is 3. The molecule has 5 heteroatoms. The summed E-state index contributed by atoms with van der Waals surface area (Å²) in [6.07, 6.45) is 2.78. The maximum atomic E-state index is 13.5. The highest BCUT2D eigenvalue weighted by Gasteiger charge is 2.41. The van der Waals surface area contributed by atoms with Crippen molar-refractivity contribution in [2.75, 3.05) is 19.7 Å². The Morgan fingerprint density at radius 1 is 1.30 bits per heavy atom. The number of ether oxygens (including phenoxy) is 2. The Balaban J connectivity index is 1.56. The molecule has 1 aromatic carbocycles. The molecule has 1 N–H and O–H groups in total. The highest BCUT2D eigenvalue weighted by atomic mass is 19.1. The molecule has 2 saturated heterocycles. The zero-order valence-corrected chi connectivity index (χ0v) is 11.3. The van der Waals surface area contributed by atoms with Gasteiger partial charge in [0.1, 0.15) is 11.6 Å².